The van der Waals surface area contributed by atoms with E-state index < -0.39 is 10.0 Å². The molecule has 3 aromatic rings. The van der Waals surface area contributed by atoms with E-state index in [0.29, 0.717) is 30.4 Å². The van der Waals surface area contributed by atoms with Gasteiger partial charge in [0.05, 0.1) is 22.8 Å². The van der Waals surface area contributed by atoms with Gasteiger partial charge in [-0.2, -0.15) is 5.10 Å². The van der Waals surface area contributed by atoms with Gasteiger partial charge >= 0.3 is 0 Å². The Labute approximate surface area is 156 Å². The summed E-state index contributed by atoms with van der Waals surface area (Å²) in [5, 5.41) is 4.39. The van der Waals surface area contributed by atoms with Crippen LogP contribution in [0.2, 0.25) is 0 Å². The first-order valence-electron chi connectivity index (χ1n) is 8.36. The topological polar surface area (TPSA) is 95.3 Å². The molecule has 27 heavy (non-hydrogen) atoms. The standard InChI is InChI=1S/C18H18N4O4S/c1-22-13(10-16(21-22)15-4-2-3-7-19-15)12-20-27(23,24)14-5-6-17-18(11-14)26-9-8-25-17/h2-7,10-11,20H,8-9,12H2,1H3. The van der Waals surface area contributed by atoms with E-state index in [4.69, 9.17) is 9.47 Å². The Morgan fingerprint density at radius 1 is 1.07 bits per heavy atom. The van der Waals surface area contributed by atoms with Gasteiger partial charge < -0.3 is 9.47 Å². The molecule has 2 aromatic heterocycles. The van der Waals surface area contributed by atoms with Crippen LogP contribution in [0.4, 0.5) is 0 Å². The van der Waals surface area contributed by atoms with Gasteiger partial charge in [0.15, 0.2) is 11.5 Å². The van der Waals surface area contributed by atoms with E-state index in [0.717, 1.165) is 11.4 Å². The Morgan fingerprint density at radius 3 is 2.67 bits per heavy atom. The molecule has 1 aliphatic heterocycles. The number of hydrogen-bond acceptors (Lipinski definition) is 6. The number of sulfonamides is 1. The van der Waals surface area contributed by atoms with Crippen LogP contribution in [0.5, 0.6) is 11.5 Å². The van der Waals surface area contributed by atoms with Crippen molar-refractivity contribution in [1.29, 1.82) is 0 Å². The van der Waals surface area contributed by atoms with Crippen LogP contribution in [0.15, 0.2) is 53.6 Å². The second kappa shape index (κ2) is 7.01. The summed E-state index contributed by atoms with van der Waals surface area (Å²) in [7, 11) is -1.94. The third-order valence-corrected chi connectivity index (χ3v) is 5.57. The van der Waals surface area contributed by atoms with Crippen LogP contribution in [0, 0.1) is 0 Å². The largest absolute Gasteiger partial charge is 0.486 e. The van der Waals surface area contributed by atoms with Crippen LogP contribution in [0.25, 0.3) is 11.4 Å². The lowest BCUT2D eigenvalue weighted by Crippen LogP contribution is -2.25. The summed E-state index contributed by atoms with van der Waals surface area (Å²) in [6, 6.07) is 11.9. The fourth-order valence-corrected chi connectivity index (χ4v) is 3.77. The van der Waals surface area contributed by atoms with Crippen molar-refractivity contribution in [2.45, 2.75) is 11.4 Å². The zero-order chi connectivity index (χ0) is 18.9. The maximum Gasteiger partial charge on any atom is 0.241 e. The molecule has 0 atom stereocenters. The molecule has 1 aromatic carbocycles. The second-order valence-corrected chi connectivity index (χ2v) is 7.76. The minimum atomic E-state index is -3.71. The average molecular weight is 386 g/mol. The summed E-state index contributed by atoms with van der Waals surface area (Å²) < 4.78 is 40.4. The van der Waals surface area contributed by atoms with Crippen LogP contribution < -0.4 is 14.2 Å². The SMILES string of the molecule is Cn1nc(-c2ccccn2)cc1CNS(=O)(=O)c1ccc2c(c1)OCCO2. The van der Waals surface area contributed by atoms with Gasteiger partial charge in [-0.3, -0.25) is 9.67 Å². The van der Waals surface area contributed by atoms with Crippen LogP contribution in [0.1, 0.15) is 5.69 Å². The van der Waals surface area contributed by atoms with E-state index in [9.17, 15) is 8.42 Å². The first kappa shape index (κ1) is 17.5. The van der Waals surface area contributed by atoms with E-state index in [1.165, 1.54) is 12.1 Å². The average Bonchev–Trinajstić information content (AvgIpc) is 3.07. The molecule has 0 radical (unpaired) electrons. The van der Waals surface area contributed by atoms with Gasteiger partial charge in [-0.25, -0.2) is 13.1 Å². The molecule has 9 heteroatoms. The van der Waals surface area contributed by atoms with E-state index in [1.807, 2.05) is 24.3 Å². The fraction of sp³-hybridized carbons (Fsp3) is 0.222. The molecular weight excluding hydrogens is 368 g/mol. The Hall–Kier alpha value is -2.91. The van der Waals surface area contributed by atoms with Gasteiger partial charge in [-0.15, -0.1) is 0 Å². The molecule has 0 saturated heterocycles. The highest BCUT2D eigenvalue weighted by Crippen LogP contribution is 2.32. The van der Waals surface area contributed by atoms with Crippen molar-refractivity contribution in [3.8, 4) is 22.9 Å². The van der Waals surface area contributed by atoms with Crippen LogP contribution >= 0.6 is 0 Å². The monoisotopic (exact) mass is 386 g/mol. The van der Waals surface area contributed by atoms with Gasteiger partial charge in [0.25, 0.3) is 0 Å². The molecule has 8 nitrogen and oxygen atoms in total. The van der Waals surface area contributed by atoms with Gasteiger partial charge in [-0.1, -0.05) is 6.07 Å². The van der Waals surface area contributed by atoms with Gasteiger partial charge in [0, 0.05) is 19.3 Å². The summed E-state index contributed by atoms with van der Waals surface area (Å²) >= 11 is 0. The smallest absolute Gasteiger partial charge is 0.241 e. The summed E-state index contributed by atoms with van der Waals surface area (Å²) in [6.07, 6.45) is 1.69. The number of aryl methyl sites for hydroxylation is 1. The molecule has 0 saturated carbocycles. The van der Waals surface area contributed by atoms with Crippen molar-refractivity contribution in [2.75, 3.05) is 13.2 Å². The van der Waals surface area contributed by atoms with Crippen molar-refractivity contribution in [3.05, 3.63) is 54.4 Å². The normalized spacial score (nSPS) is 13.5. The van der Waals surface area contributed by atoms with Crippen LogP contribution in [-0.2, 0) is 23.6 Å². The highest BCUT2D eigenvalue weighted by Gasteiger charge is 2.20. The molecule has 4 rings (SSSR count). The van der Waals surface area contributed by atoms with Gasteiger partial charge in [0.1, 0.15) is 18.9 Å². The number of fused-ring (bicyclic) bond motifs is 1. The first-order valence-corrected chi connectivity index (χ1v) is 9.85. The van der Waals surface area contributed by atoms with E-state index in [2.05, 4.69) is 14.8 Å². The summed E-state index contributed by atoms with van der Waals surface area (Å²) in [5.74, 6) is 0.980. The van der Waals surface area contributed by atoms with Crippen molar-refractivity contribution >= 4 is 10.0 Å². The summed E-state index contributed by atoms with van der Waals surface area (Å²) in [4.78, 5) is 4.38. The molecular formula is C18H18N4O4S. The van der Waals surface area contributed by atoms with Gasteiger partial charge in [0.2, 0.25) is 10.0 Å². The highest BCUT2D eigenvalue weighted by atomic mass is 32.2. The number of nitrogens with zero attached hydrogens (tertiary/aromatic N) is 3. The zero-order valence-corrected chi connectivity index (χ0v) is 15.4. The quantitative estimate of drug-likeness (QED) is 0.718. The first-order chi connectivity index (χ1) is 13.0. The van der Waals surface area contributed by atoms with E-state index in [1.54, 1.807) is 24.0 Å². The van der Waals surface area contributed by atoms with Crippen molar-refractivity contribution < 1.29 is 17.9 Å². The number of ether oxygens (including phenoxy) is 2. The molecule has 0 fully saturated rings. The molecule has 0 unspecified atom stereocenters. The van der Waals surface area contributed by atoms with Crippen molar-refractivity contribution in [3.63, 3.8) is 0 Å². The van der Waals surface area contributed by atoms with E-state index >= 15 is 0 Å². The molecule has 0 amide bonds. The van der Waals surface area contributed by atoms with Crippen LogP contribution in [-0.4, -0.2) is 36.4 Å². The van der Waals surface area contributed by atoms with Crippen molar-refractivity contribution in [1.82, 2.24) is 19.5 Å². The lowest BCUT2D eigenvalue weighted by atomic mass is 10.2. The lowest BCUT2D eigenvalue weighted by Gasteiger charge is -2.18. The predicted octanol–water partition coefficient (Wildman–Crippen LogP) is 1.73. The Morgan fingerprint density at radius 2 is 1.89 bits per heavy atom. The highest BCUT2D eigenvalue weighted by molar-refractivity contribution is 7.89. The Bertz CT molecular complexity index is 1060. The maximum absolute atomic E-state index is 12.6. The van der Waals surface area contributed by atoms with Crippen LogP contribution in [0.3, 0.4) is 0 Å². The predicted molar refractivity (Wildman–Crippen MR) is 97.9 cm³/mol. The minimum Gasteiger partial charge on any atom is -0.486 e. The third kappa shape index (κ3) is 3.64. The lowest BCUT2D eigenvalue weighted by molar-refractivity contribution is 0.171. The molecule has 0 spiro atoms. The molecule has 0 aliphatic carbocycles. The number of rotatable bonds is 5. The number of hydrogen-bond donors (Lipinski definition) is 1. The zero-order valence-electron chi connectivity index (χ0n) is 14.6. The Kier molecular flexibility index (Phi) is 4.54. The third-order valence-electron chi connectivity index (χ3n) is 4.17. The number of pyridine rings is 1. The summed E-state index contributed by atoms with van der Waals surface area (Å²) in [6.45, 7) is 0.957. The molecule has 1 aliphatic rings. The van der Waals surface area contributed by atoms with Crippen molar-refractivity contribution in [2.24, 2.45) is 7.05 Å². The number of aromatic nitrogens is 3. The maximum atomic E-state index is 12.6. The number of benzene rings is 1. The van der Waals surface area contributed by atoms with E-state index in [-0.39, 0.29) is 11.4 Å². The summed E-state index contributed by atoms with van der Waals surface area (Å²) in [5.41, 5.74) is 2.14. The Balaban J connectivity index is 1.52. The van der Waals surface area contributed by atoms with Gasteiger partial charge in [-0.05, 0) is 30.3 Å². The number of nitrogens with one attached hydrogen (secondary N) is 1. The second-order valence-electron chi connectivity index (χ2n) is 5.99. The molecule has 1 N–H and O–H groups in total. The molecule has 3 heterocycles. The fourth-order valence-electron chi connectivity index (χ4n) is 2.75. The molecule has 0 bridgehead atoms. The molecule has 140 valence electrons. The minimum absolute atomic E-state index is 0.104.